The number of carbonyl (C=O) groups excluding carboxylic acids is 1. The van der Waals surface area contributed by atoms with Crippen molar-refractivity contribution in [3.8, 4) is 0 Å². The lowest BCUT2D eigenvalue weighted by Crippen LogP contribution is -2.40. The fourth-order valence-electron chi connectivity index (χ4n) is 3.05. The third kappa shape index (κ3) is 5.50. The highest BCUT2D eigenvalue weighted by atomic mass is 16.5. The van der Waals surface area contributed by atoms with E-state index in [1.807, 2.05) is 6.92 Å². The minimum Gasteiger partial charge on any atom is -0.466 e. The molecule has 1 aromatic rings. The molecule has 0 heterocycles. The molecule has 116 valence electrons. The maximum Gasteiger partial charge on any atom is 0.307 e. The SMILES string of the molecule is CCOC(=O)CC(Cc1ccc(C)cc1)NC1CCCC1. The van der Waals surface area contributed by atoms with E-state index >= 15 is 0 Å². The minimum atomic E-state index is -0.0971. The summed E-state index contributed by atoms with van der Waals surface area (Å²) in [5.41, 5.74) is 2.55. The molecule has 0 saturated heterocycles. The van der Waals surface area contributed by atoms with Crippen molar-refractivity contribution >= 4 is 5.97 Å². The van der Waals surface area contributed by atoms with Crippen molar-refractivity contribution in [3.05, 3.63) is 35.4 Å². The molecule has 0 bridgehead atoms. The summed E-state index contributed by atoms with van der Waals surface area (Å²) >= 11 is 0. The summed E-state index contributed by atoms with van der Waals surface area (Å²) in [6.07, 6.45) is 6.40. The van der Waals surface area contributed by atoms with E-state index in [0.29, 0.717) is 19.1 Å². The molecule has 0 spiro atoms. The first-order valence-corrected chi connectivity index (χ1v) is 8.14. The van der Waals surface area contributed by atoms with Gasteiger partial charge in [0.25, 0.3) is 0 Å². The molecule has 1 aliphatic carbocycles. The van der Waals surface area contributed by atoms with E-state index in [9.17, 15) is 4.79 Å². The summed E-state index contributed by atoms with van der Waals surface area (Å²) in [5.74, 6) is -0.0971. The summed E-state index contributed by atoms with van der Waals surface area (Å²) in [5, 5.41) is 3.67. The second-order valence-corrected chi connectivity index (χ2v) is 6.04. The van der Waals surface area contributed by atoms with Crippen LogP contribution in [0.3, 0.4) is 0 Å². The van der Waals surface area contributed by atoms with Crippen molar-refractivity contribution in [2.24, 2.45) is 0 Å². The lowest BCUT2D eigenvalue weighted by molar-refractivity contribution is -0.143. The number of esters is 1. The van der Waals surface area contributed by atoms with E-state index < -0.39 is 0 Å². The summed E-state index contributed by atoms with van der Waals surface area (Å²) in [7, 11) is 0. The molecule has 1 saturated carbocycles. The zero-order valence-corrected chi connectivity index (χ0v) is 13.2. The molecule has 3 nitrogen and oxygen atoms in total. The van der Waals surface area contributed by atoms with Gasteiger partial charge in [0.2, 0.25) is 0 Å². The molecule has 1 aliphatic rings. The highest BCUT2D eigenvalue weighted by Gasteiger charge is 2.21. The van der Waals surface area contributed by atoms with Crippen LogP contribution in [0.4, 0.5) is 0 Å². The van der Waals surface area contributed by atoms with Gasteiger partial charge in [-0.15, -0.1) is 0 Å². The van der Waals surface area contributed by atoms with E-state index in [2.05, 4.69) is 36.5 Å². The molecule has 0 aromatic heterocycles. The smallest absolute Gasteiger partial charge is 0.307 e. The number of hydrogen-bond donors (Lipinski definition) is 1. The van der Waals surface area contributed by atoms with Gasteiger partial charge >= 0.3 is 5.97 Å². The van der Waals surface area contributed by atoms with Crippen molar-refractivity contribution in [1.82, 2.24) is 5.32 Å². The summed E-state index contributed by atoms with van der Waals surface area (Å²) in [6.45, 7) is 4.41. The predicted molar refractivity (Wildman–Crippen MR) is 85.3 cm³/mol. The lowest BCUT2D eigenvalue weighted by Gasteiger charge is -2.22. The minimum absolute atomic E-state index is 0.0971. The first kappa shape index (κ1) is 16.0. The summed E-state index contributed by atoms with van der Waals surface area (Å²) in [4.78, 5) is 11.8. The van der Waals surface area contributed by atoms with Crippen LogP contribution in [0, 0.1) is 6.92 Å². The van der Waals surface area contributed by atoms with Gasteiger partial charge in [0.1, 0.15) is 0 Å². The predicted octanol–water partition coefficient (Wildman–Crippen LogP) is 3.39. The van der Waals surface area contributed by atoms with E-state index in [1.54, 1.807) is 0 Å². The maximum absolute atomic E-state index is 11.8. The van der Waals surface area contributed by atoms with Gasteiger partial charge < -0.3 is 10.1 Å². The molecule has 0 amide bonds. The third-order valence-electron chi connectivity index (χ3n) is 4.15. The molecule has 1 atom stereocenters. The van der Waals surface area contributed by atoms with Crippen LogP contribution in [0.25, 0.3) is 0 Å². The van der Waals surface area contributed by atoms with Crippen LogP contribution >= 0.6 is 0 Å². The highest BCUT2D eigenvalue weighted by Crippen LogP contribution is 2.19. The molecule has 21 heavy (non-hydrogen) atoms. The Morgan fingerprint density at radius 1 is 1.29 bits per heavy atom. The number of carbonyl (C=O) groups is 1. The third-order valence-corrected chi connectivity index (χ3v) is 4.15. The fraction of sp³-hybridized carbons (Fsp3) is 0.611. The Morgan fingerprint density at radius 2 is 1.95 bits per heavy atom. The normalized spacial score (nSPS) is 16.9. The van der Waals surface area contributed by atoms with Gasteiger partial charge in [0.15, 0.2) is 0 Å². The average Bonchev–Trinajstić information content (AvgIpc) is 2.94. The van der Waals surface area contributed by atoms with Gasteiger partial charge in [-0.05, 0) is 38.7 Å². The maximum atomic E-state index is 11.8. The molecular formula is C18H27NO2. The summed E-state index contributed by atoms with van der Waals surface area (Å²) in [6, 6.07) is 9.32. The Bertz CT molecular complexity index is 435. The van der Waals surface area contributed by atoms with Gasteiger partial charge in [-0.2, -0.15) is 0 Å². The summed E-state index contributed by atoms with van der Waals surface area (Å²) < 4.78 is 5.11. The van der Waals surface area contributed by atoms with Gasteiger partial charge in [0, 0.05) is 12.1 Å². The number of ether oxygens (including phenoxy) is 1. The number of hydrogen-bond acceptors (Lipinski definition) is 3. The zero-order valence-electron chi connectivity index (χ0n) is 13.2. The van der Waals surface area contributed by atoms with E-state index in [4.69, 9.17) is 4.74 Å². The van der Waals surface area contributed by atoms with E-state index in [1.165, 1.54) is 36.8 Å². The first-order chi connectivity index (χ1) is 10.2. The van der Waals surface area contributed by atoms with Crippen LogP contribution < -0.4 is 5.32 Å². The highest BCUT2D eigenvalue weighted by molar-refractivity contribution is 5.70. The van der Waals surface area contributed by atoms with Crippen molar-refractivity contribution in [3.63, 3.8) is 0 Å². The number of aryl methyl sites for hydroxylation is 1. The Morgan fingerprint density at radius 3 is 2.57 bits per heavy atom. The van der Waals surface area contributed by atoms with Crippen LogP contribution in [0.1, 0.15) is 50.2 Å². The molecular weight excluding hydrogens is 262 g/mol. The van der Waals surface area contributed by atoms with Gasteiger partial charge in [-0.1, -0.05) is 42.7 Å². The molecule has 2 rings (SSSR count). The van der Waals surface area contributed by atoms with Gasteiger partial charge in [-0.25, -0.2) is 0 Å². The van der Waals surface area contributed by atoms with Crippen molar-refractivity contribution in [2.75, 3.05) is 6.61 Å². The molecule has 1 N–H and O–H groups in total. The Labute approximate surface area is 128 Å². The van der Waals surface area contributed by atoms with Crippen LogP contribution in [-0.4, -0.2) is 24.7 Å². The molecule has 1 unspecified atom stereocenters. The topological polar surface area (TPSA) is 38.3 Å². The van der Waals surface area contributed by atoms with Crippen LogP contribution in [0.15, 0.2) is 24.3 Å². The molecule has 1 fully saturated rings. The quantitative estimate of drug-likeness (QED) is 0.782. The Kier molecular flexibility index (Phi) is 6.24. The van der Waals surface area contributed by atoms with Crippen molar-refractivity contribution in [1.29, 1.82) is 0 Å². The molecule has 0 radical (unpaired) electrons. The van der Waals surface area contributed by atoms with Crippen molar-refractivity contribution < 1.29 is 9.53 Å². The van der Waals surface area contributed by atoms with E-state index in [0.717, 1.165) is 6.42 Å². The second kappa shape index (κ2) is 8.18. The molecule has 1 aromatic carbocycles. The second-order valence-electron chi connectivity index (χ2n) is 6.04. The van der Waals surface area contributed by atoms with Crippen LogP contribution in [0.5, 0.6) is 0 Å². The molecule has 3 heteroatoms. The first-order valence-electron chi connectivity index (χ1n) is 8.14. The van der Waals surface area contributed by atoms with Crippen LogP contribution in [-0.2, 0) is 16.0 Å². The van der Waals surface area contributed by atoms with E-state index in [-0.39, 0.29) is 12.0 Å². The van der Waals surface area contributed by atoms with Gasteiger partial charge in [-0.3, -0.25) is 4.79 Å². The average molecular weight is 289 g/mol. The largest absolute Gasteiger partial charge is 0.466 e. The Hall–Kier alpha value is -1.35. The monoisotopic (exact) mass is 289 g/mol. The lowest BCUT2D eigenvalue weighted by atomic mass is 10.0. The zero-order chi connectivity index (χ0) is 15.1. The number of rotatable bonds is 7. The van der Waals surface area contributed by atoms with Crippen molar-refractivity contribution in [2.45, 2.75) is 64.5 Å². The fourth-order valence-corrected chi connectivity index (χ4v) is 3.05. The van der Waals surface area contributed by atoms with Gasteiger partial charge in [0.05, 0.1) is 13.0 Å². The number of benzene rings is 1. The molecule has 0 aliphatic heterocycles. The Balaban J connectivity index is 1.95. The van der Waals surface area contributed by atoms with Crippen LogP contribution in [0.2, 0.25) is 0 Å². The number of nitrogens with one attached hydrogen (secondary N) is 1. The standard InChI is InChI=1S/C18H27NO2/c1-3-21-18(20)13-17(19-16-6-4-5-7-16)12-15-10-8-14(2)9-11-15/h8-11,16-17,19H,3-7,12-13H2,1-2H3.